The van der Waals surface area contributed by atoms with Crippen LogP contribution in [0.2, 0.25) is 0 Å². The molecule has 4 rings (SSSR count). The molecule has 1 aromatic carbocycles. The van der Waals surface area contributed by atoms with Crippen molar-refractivity contribution in [3.63, 3.8) is 0 Å². The monoisotopic (exact) mass is 388 g/mol. The fraction of sp³-hybridized carbons (Fsp3) is 0.364. The van der Waals surface area contributed by atoms with Crippen molar-refractivity contribution in [1.82, 2.24) is 9.97 Å². The number of nitriles is 1. The molecule has 7 heteroatoms. The Bertz CT molecular complexity index is 956. The third-order valence-corrected chi connectivity index (χ3v) is 5.57. The van der Waals surface area contributed by atoms with Crippen LogP contribution in [0, 0.1) is 16.7 Å². The van der Waals surface area contributed by atoms with Crippen LogP contribution in [0.5, 0.6) is 0 Å². The Morgan fingerprint density at radius 1 is 1.21 bits per heavy atom. The van der Waals surface area contributed by atoms with Crippen molar-refractivity contribution in [2.24, 2.45) is 5.73 Å². The van der Waals surface area contributed by atoms with Crippen molar-refractivity contribution in [3.8, 4) is 6.07 Å². The van der Waals surface area contributed by atoms with Gasteiger partial charge in [-0.25, -0.2) is 9.97 Å². The van der Waals surface area contributed by atoms with E-state index >= 15 is 0 Å². The third-order valence-electron chi connectivity index (χ3n) is 5.57. The van der Waals surface area contributed by atoms with E-state index in [4.69, 9.17) is 21.1 Å². The summed E-state index contributed by atoms with van der Waals surface area (Å²) < 4.78 is 5.41. The fourth-order valence-electron chi connectivity index (χ4n) is 3.86. The van der Waals surface area contributed by atoms with Crippen LogP contribution in [0.4, 0.5) is 5.82 Å². The summed E-state index contributed by atoms with van der Waals surface area (Å²) in [6, 6.07) is 11.2. The van der Waals surface area contributed by atoms with E-state index in [0.717, 1.165) is 42.2 Å². The zero-order valence-corrected chi connectivity index (χ0v) is 16.2. The average molecular weight is 388 g/mol. The van der Waals surface area contributed by atoms with Gasteiger partial charge in [-0.15, -0.1) is 0 Å². The summed E-state index contributed by atoms with van der Waals surface area (Å²) in [5.74, 6) is 1.03. The molecule has 2 atom stereocenters. The standard InChI is InChI=1S/C22H24N6O/c23-13-15-1-3-16(4-2-15)17-5-6-19(24)18(11-17)22(25)20-12-21(27-14-26-20)28-7-9-29-10-8-28/h1-4,11-12,14,17,22,24H,5-10,25H2. The molecule has 1 saturated heterocycles. The van der Waals surface area contributed by atoms with Crippen LogP contribution in [0.25, 0.3) is 0 Å². The van der Waals surface area contributed by atoms with Crippen molar-refractivity contribution >= 4 is 11.5 Å². The quantitative estimate of drug-likeness (QED) is 0.833. The van der Waals surface area contributed by atoms with Gasteiger partial charge in [0.2, 0.25) is 0 Å². The number of ether oxygens (including phenoxy) is 1. The Kier molecular flexibility index (Phi) is 5.65. The second-order valence-corrected chi connectivity index (χ2v) is 7.36. The van der Waals surface area contributed by atoms with Gasteiger partial charge in [-0.3, -0.25) is 0 Å². The van der Waals surface area contributed by atoms with Gasteiger partial charge in [0.25, 0.3) is 0 Å². The van der Waals surface area contributed by atoms with E-state index < -0.39 is 6.04 Å². The zero-order chi connectivity index (χ0) is 20.2. The highest BCUT2D eigenvalue weighted by Gasteiger charge is 2.25. The highest BCUT2D eigenvalue weighted by Crippen LogP contribution is 2.34. The summed E-state index contributed by atoms with van der Waals surface area (Å²) in [6.45, 7) is 2.97. The van der Waals surface area contributed by atoms with Crippen molar-refractivity contribution in [2.45, 2.75) is 24.8 Å². The topological polar surface area (TPSA) is 112 Å². The Hall–Kier alpha value is -3.08. The summed E-state index contributed by atoms with van der Waals surface area (Å²) in [4.78, 5) is 11.0. The smallest absolute Gasteiger partial charge is 0.132 e. The summed E-state index contributed by atoms with van der Waals surface area (Å²) in [7, 11) is 0. The summed E-state index contributed by atoms with van der Waals surface area (Å²) >= 11 is 0. The van der Waals surface area contributed by atoms with Crippen LogP contribution < -0.4 is 10.6 Å². The fourth-order valence-corrected chi connectivity index (χ4v) is 3.86. The van der Waals surface area contributed by atoms with E-state index in [2.05, 4.69) is 27.0 Å². The molecular weight excluding hydrogens is 364 g/mol. The van der Waals surface area contributed by atoms with Gasteiger partial charge in [-0.05, 0) is 36.1 Å². The molecular formula is C22H24N6O. The minimum absolute atomic E-state index is 0.179. The number of nitrogens with one attached hydrogen (secondary N) is 1. The van der Waals surface area contributed by atoms with Gasteiger partial charge < -0.3 is 20.8 Å². The summed E-state index contributed by atoms with van der Waals surface area (Å²) in [5.41, 5.74) is 10.4. The van der Waals surface area contributed by atoms with E-state index in [9.17, 15) is 0 Å². The highest BCUT2D eigenvalue weighted by molar-refractivity contribution is 6.00. The average Bonchev–Trinajstić information content (AvgIpc) is 2.80. The summed E-state index contributed by atoms with van der Waals surface area (Å²) in [6.07, 6.45) is 5.18. The lowest BCUT2D eigenvalue weighted by atomic mass is 9.81. The first-order chi connectivity index (χ1) is 14.2. The molecule has 1 aliphatic carbocycles. The molecule has 0 bridgehead atoms. The lowest BCUT2D eigenvalue weighted by Crippen LogP contribution is -2.37. The largest absolute Gasteiger partial charge is 0.378 e. The molecule has 0 radical (unpaired) electrons. The maximum absolute atomic E-state index is 9.00. The normalized spacial score (nSPS) is 20.7. The van der Waals surface area contributed by atoms with E-state index in [0.29, 0.717) is 30.9 Å². The van der Waals surface area contributed by atoms with Gasteiger partial charge in [0, 0.05) is 30.8 Å². The molecule has 7 nitrogen and oxygen atoms in total. The molecule has 148 valence electrons. The molecule has 2 unspecified atom stereocenters. The Balaban J connectivity index is 1.59. The minimum Gasteiger partial charge on any atom is -0.378 e. The molecule has 1 aliphatic heterocycles. The van der Waals surface area contributed by atoms with Crippen LogP contribution in [-0.2, 0) is 4.74 Å². The van der Waals surface area contributed by atoms with Gasteiger partial charge in [-0.1, -0.05) is 18.2 Å². The van der Waals surface area contributed by atoms with Crippen molar-refractivity contribution in [2.75, 3.05) is 31.2 Å². The van der Waals surface area contributed by atoms with Crippen LogP contribution >= 0.6 is 0 Å². The zero-order valence-electron chi connectivity index (χ0n) is 16.2. The number of benzene rings is 1. The molecule has 0 amide bonds. The number of aromatic nitrogens is 2. The Morgan fingerprint density at radius 2 is 1.97 bits per heavy atom. The van der Waals surface area contributed by atoms with Crippen LogP contribution in [0.15, 0.2) is 48.3 Å². The first kappa shape index (κ1) is 19.2. The van der Waals surface area contributed by atoms with Gasteiger partial charge in [0.05, 0.1) is 36.6 Å². The molecule has 29 heavy (non-hydrogen) atoms. The molecule has 0 spiro atoms. The van der Waals surface area contributed by atoms with Gasteiger partial charge in [0.15, 0.2) is 0 Å². The number of hydrogen-bond donors (Lipinski definition) is 2. The predicted octanol–water partition coefficient (Wildman–Crippen LogP) is 2.71. The van der Waals surface area contributed by atoms with Gasteiger partial charge in [0.1, 0.15) is 12.1 Å². The van der Waals surface area contributed by atoms with Crippen LogP contribution in [-0.4, -0.2) is 42.0 Å². The lowest BCUT2D eigenvalue weighted by molar-refractivity contribution is 0.122. The SMILES string of the molecule is N#Cc1ccc(C2C=C(C(N)c3cc(N4CCOCC4)ncn3)C(=N)CC2)cc1. The number of rotatable bonds is 4. The minimum atomic E-state index is -0.466. The molecule has 2 aromatic rings. The second kappa shape index (κ2) is 8.52. The van der Waals surface area contributed by atoms with E-state index in [1.165, 1.54) is 0 Å². The van der Waals surface area contributed by atoms with E-state index in [1.807, 2.05) is 30.3 Å². The maximum Gasteiger partial charge on any atom is 0.132 e. The first-order valence-corrected chi connectivity index (χ1v) is 9.85. The molecule has 2 aliphatic rings. The maximum atomic E-state index is 9.00. The lowest BCUT2D eigenvalue weighted by Gasteiger charge is -2.29. The highest BCUT2D eigenvalue weighted by atomic mass is 16.5. The molecule has 0 saturated carbocycles. The molecule has 2 heterocycles. The third kappa shape index (κ3) is 4.19. The van der Waals surface area contributed by atoms with E-state index in [1.54, 1.807) is 6.33 Å². The van der Waals surface area contributed by atoms with Crippen molar-refractivity contribution in [1.29, 1.82) is 10.7 Å². The molecule has 3 N–H and O–H groups in total. The number of nitrogens with zero attached hydrogens (tertiary/aromatic N) is 4. The van der Waals surface area contributed by atoms with Crippen LogP contribution in [0.3, 0.4) is 0 Å². The van der Waals surface area contributed by atoms with Gasteiger partial charge >= 0.3 is 0 Å². The number of hydrogen-bond acceptors (Lipinski definition) is 7. The number of nitrogens with two attached hydrogens (primary N) is 1. The van der Waals surface area contributed by atoms with Gasteiger partial charge in [-0.2, -0.15) is 5.26 Å². The Morgan fingerprint density at radius 3 is 2.69 bits per heavy atom. The Labute approximate surface area is 170 Å². The van der Waals surface area contributed by atoms with Crippen LogP contribution in [0.1, 0.15) is 41.6 Å². The first-order valence-electron chi connectivity index (χ1n) is 9.85. The van der Waals surface area contributed by atoms with E-state index in [-0.39, 0.29) is 5.92 Å². The molecule has 1 fully saturated rings. The molecule has 1 aromatic heterocycles. The predicted molar refractivity (Wildman–Crippen MR) is 111 cm³/mol. The number of allylic oxidation sites excluding steroid dienone is 1. The second-order valence-electron chi connectivity index (χ2n) is 7.36. The number of anilines is 1. The van der Waals surface area contributed by atoms with Crippen molar-refractivity contribution in [3.05, 3.63) is 65.1 Å². The number of morpholine rings is 1. The summed E-state index contributed by atoms with van der Waals surface area (Å²) in [5, 5.41) is 17.4. The van der Waals surface area contributed by atoms with Crippen molar-refractivity contribution < 1.29 is 4.74 Å².